The van der Waals surface area contributed by atoms with Gasteiger partial charge in [0, 0.05) is 52.4 Å². The minimum absolute atomic E-state index is 0.0979. The molecule has 1 amide bonds. The van der Waals surface area contributed by atoms with Gasteiger partial charge in [0.1, 0.15) is 0 Å². The van der Waals surface area contributed by atoms with Crippen LogP contribution in [-0.2, 0) is 15.0 Å². The van der Waals surface area contributed by atoms with Gasteiger partial charge >= 0.3 is 0 Å². The summed E-state index contributed by atoms with van der Waals surface area (Å²) in [6, 6.07) is 0.852. The maximum absolute atomic E-state index is 12.6. The number of hydrogen-bond acceptors (Lipinski definition) is 4. The molecule has 0 aromatic heterocycles. The van der Waals surface area contributed by atoms with Crippen molar-refractivity contribution in [3.63, 3.8) is 0 Å². The highest BCUT2D eigenvalue weighted by Gasteiger charge is 2.44. The van der Waals surface area contributed by atoms with Crippen LogP contribution in [0.5, 0.6) is 0 Å². The summed E-state index contributed by atoms with van der Waals surface area (Å²) >= 11 is 0. The van der Waals surface area contributed by atoms with E-state index in [4.69, 9.17) is 0 Å². The van der Waals surface area contributed by atoms with E-state index in [0.29, 0.717) is 38.3 Å². The van der Waals surface area contributed by atoms with Gasteiger partial charge in [-0.25, -0.2) is 0 Å². The number of hydrogen-bond donors (Lipinski definition) is 1. The Morgan fingerprint density at radius 3 is 2.29 bits per heavy atom. The summed E-state index contributed by atoms with van der Waals surface area (Å²) in [5.41, 5.74) is 0. The molecule has 3 saturated heterocycles. The molecule has 3 aliphatic rings. The number of carbonyl (C=O) groups is 1. The average molecular weight is 316 g/mol. The average Bonchev–Trinajstić information content (AvgIpc) is 3.09. The van der Waals surface area contributed by atoms with Crippen LogP contribution in [0.2, 0.25) is 0 Å². The second kappa shape index (κ2) is 5.49. The molecule has 3 rings (SSSR count). The molecule has 3 unspecified atom stereocenters. The molecule has 0 aromatic rings. The van der Waals surface area contributed by atoms with Crippen molar-refractivity contribution < 1.29 is 13.2 Å². The molecular formula is C13H24N4O3S. The third kappa shape index (κ3) is 2.69. The second-order valence-corrected chi connectivity index (χ2v) is 8.55. The van der Waals surface area contributed by atoms with Crippen molar-refractivity contribution in [2.24, 2.45) is 5.92 Å². The van der Waals surface area contributed by atoms with Crippen molar-refractivity contribution in [2.75, 3.05) is 40.3 Å². The minimum Gasteiger partial charge on any atom is -0.340 e. The number of nitrogens with one attached hydrogen (secondary N) is 1. The standard InChI is InChI=1S/C13H24N4O3S/c1-15(2)21(19,20)17-7-5-16(6-8-17)13(18)11-9-10-3-4-12(11)14-10/h10-12,14H,3-9H2,1-2H3. The monoisotopic (exact) mass is 316 g/mol. The first-order chi connectivity index (χ1) is 9.89. The zero-order valence-corrected chi connectivity index (χ0v) is 13.5. The van der Waals surface area contributed by atoms with E-state index in [2.05, 4.69) is 5.32 Å². The second-order valence-electron chi connectivity index (χ2n) is 6.40. The molecule has 120 valence electrons. The lowest BCUT2D eigenvalue weighted by Gasteiger charge is -2.37. The molecule has 3 heterocycles. The first kappa shape index (κ1) is 15.2. The van der Waals surface area contributed by atoms with E-state index in [1.165, 1.54) is 29.1 Å². The number of amides is 1. The molecule has 3 atom stereocenters. The van der Waals surface area contributed by atoms with Crippen LogP contribution in [0, 0.1) is 5.92 Å². The van der Waals surface area contributed by atoms with Crippen molar-refractivity contribution >= 4 is 16.1 Å². The summed E-state index contributed by atoms with van der Waals surface area (Å²) in [7, 11) is -0.289. The van der Waals surface area contributed by atoms with Gasteiger partial charge < -0.3 is 10.2 Å². The largest absolute Gasteiger partial charge is 0.340 e. The van der Waals surface area contributed by atoms with E-state index in [-0.39, 0.29) is 11.8 Å². The summed E-state index contributed by atoms with van der Waals surface area (Å²) in [6.45, 7) is 1.78. The van der Waals surface area contributed by atoms with Gasteiger partial charge in [0.05, 0.1) is 5.92 Å². The lowest BCUT2D eigenvalue weighted by molar-refractivity contribution is -0.137. The van der Waals surface area contributed by atoms with Crippen LogP contribution in [0.25, 0.3) is 0 Å². The highest BCUT2D eigenvalue weighted by atomic mass is 32.2. The zero-order chi connectivity index (χ0) is 15.2. The van der Waals surface area contributed by atoms with Gasteiger partial charge in [-0.3, -0.25) is 4.79 Å². The fourth-order valence-corrected chi connectivity index (χ4v) is 4.79. The topological polar surface area (TPSA) is 73.0 Å². The summed E-state index contributed by atoms with van der Waals surface area (Å²) in [5, 5.41) is 3.49. The molecule has 3 fully saturated rings. The molecule has 0 saturated carbocycles. The van der Waals surface area contributed by atoms with Crippen LogP contribution in [0.1, 0.15) is 19.3 Å². The number of fused-ring (bicyclic) bond motifs is 2. The lowest BCUT2D eigenvalue weighted by Crippen LogP contribution is -2.54. The Balaban J connectivity index is 1.58. The van der Waals surface area contributed by atoms with Gasteiger partial charge in [0.25, 0.3) is 10.2 Å². The van der Waals surface area contributed by atoms with Crippen LogP contribution in [-0.4, -0.2) is 80.2 Å². The highest BCUT2D eigenvalue weighted by molar-refractivity contribution is 7.86. The minimum atomic E-state index is -3.36. The summed E-state index contributed by atoms with van der Waals surface area (Å²) in [5.74, 6) is 0.303. The Hall–Kier alpha value is -0.700. The van der Waals surface area contributed by atoms with E-state index in [0.717, 1.165) is 12.8 Å². The van der Waals surface area contributed by atoms with E-state index >= 15 is 0 Å². The predicted octanol–water partition coefficient (Wildman–Crippen LogP) is -0.922. The zero-order valence-electron chi connectivity index (χ0n) is 12.7. The third-order valence-corrected chi connectivity index (χ3v) is 6.90. The molecule has 0 spiro atoms. The maximum atomic E-state index is 12.6. The number of nitrogens with zero attached hydrogens (tertiary/aromatic N) is 3. The van der Waals surface area contributed by atoms with Crippen LogP contribution in [0.15, 0.2) is 0 Å². The number of carbonyl (C=O) groups excluding carboxylic acids is 1. The first-order valence-electron chi connectivity index (χ1n) is 7.62. The molecule has 0 radical (unpaired) electrons. The Morgan fingerprint density at radius 1 is 1.14 bits per heavy atom. The summed E-state index contributed by atoms with van der Waals surface area (Å²) in [4.78, 5) is 14.4. The molecule has 21 heavy (non-hydrogen) atoms. The van der Waals surface area contributed by atoms with Crippen LogP contribution in [0.4, 0.5) is 0 Å². The lowest BCUT2D eigenvalue weighted by atomic mass is 9.88. The van der Waals surface area contributed by atoms with E-state index in [1.807, 2.05) is 4.90 Å². The molecule has 7 nitrogen and oxygen atoms in total. The molecule has 3 aliphatic heterocycles. The van der Waals surface area contributed by atoms with Crippen molar-refractivity contribution in [2.45, 2.75) is 31.3 Å². The normalized spacial score (nSPS) is 33.9. The van der Waals surface area contributed by atoms with Gasteiger partial charge in [-0.15, -0.1) is 0 Å². The number of piperazine rings is 1. The van der Waals surface area contributed by atoms with Gasteiger partial charge in [0.2, 0.25) is 5.91 Å². The Labute approximate surface area is 126 Å². The SMILES string of the molecule is CN(C)S(=O)(=O)N1CCN(C(=O)C2CC3CCC2N3)CC1. The summed E-state index contributed by atoms with van der Waals surface area (Å²) < 4.78 is 26.8. The van der Waals surface area contributed by atoms with Crippen molar-refractivity contribution in [3.05, 3.63) is 0 Å². The summed E-state index contributed by atoms with van der Waals surface area (Å²) in [6.07, 6.45) is 3.22. The Bertz CT molecular complexity index is 514. The fraction of sp³-hybridized carbons (Fsp3) is 0.923. The Morgan fingerprint density at radius 2 is 1.81 bits per heavy atom. The van der Waals surface area contributed by atoms with Crippen LogP contribution < -0.4 is 5.32 Å². The highest BCUT2D eigenvalue weighted by Crippen LogP contribution is 2.34. The van der Waals surface area contributed by atoms with Crippen LogP contribution >= 0.6 is 0 Å². The molecule has 1 N–H and O–H groups in total. The van der Waals surface area contributed by atoms with Crippen molar-refractivity contribution in [1.82, 2.24) is 18.8 Å². The van der Waals surface area contributed by atoms with E-state index in [1.54, 1.807) is 0 Å². The van der Waals surface area contributed by atoms with E-state index in [9.17, 15) is 13.2 Å². The molecule has 8 heteroatoms. The van der Waals surface area contributed by atoms with Crippen molar-refractivity contribution in [1.29, 1.82) is 0 Å². The van der Waals surface area contributed by atoms with Gasteiger partial charge in [-0.2, -0.15) is 17.0 Å². The predicted molar refractivity (Wildman–Crippen MR) is 78.8 cm³/mol. The molecule has 0 aromatic carbocycles. The molecule has 0 aliphatic carbocycles. The smallest absolute Gasteiger partial charge is 0.281 e. The molecular weight excluding hydrogens is 292 g/mol. The maximum Gasteiger partial charge on any atom is 0.281 e. The van der Waals surface area contributed by atoms with Gasteiger partial charge in [0.15, 0.2) is 0 Å². The van der Waals surface area contributed by atoms with E-state index < -0.39 is 10.2 Å². The quantitative estimate of drug-likeness (QED) is 0.731. The van der Waals surface area contributed by atoms with Gasteiger partial charge in [-0.1, -0.05) is 0 Å². The Kier molecular flexibility index (Phi) is 3.98. The third-order valence-electron chi connectivity index (χ3n) is 4.96. The number of rotatable bonds is 3. The fourth-order valence-electron chi connectivity index (χ4n) is 3.70. The van der Waals surface area contributed by atoms with Crippen LogP contribution in [0.3, 0.4) is 0 Å². The van der Waals surface area contributed by atoms with Crippen molar-refractivity contribution in [3.8, 4) is 0 Å². The van der Waals surface area contributed by atoms with Gasteiger partial charge in [-0.05, 0) is 19.3 Å². The first-order valence-corrected chi connectivity index (χ1v) is 9.01. The molecule has 2 bridgehead atoms.